The number of methoxy groups -OCH3 is 2. The summed E-state index contributed by atoms with van der Waals surface area (Å²) in [7, 11) is 5.12. The molecule has 0 bridgehead atoms. The Kier molecular flexibility index (Phi) is 9.76. The van der Waals surface area contributed by atoms with E-state index < -0.39 is 0 Å². The molecule has 0 atom stereocenters. The van der Waals surface area contributed by atoms with Crippen LogP contribution >= 0.6 is 24.0 Å². The Morgan fingerprint density at radius 3 is 1.84 bits per heavy atom. The van der Waals surface area contributed by atoms with Gasteiger partial charge in [-0.2, -0.15) is 0 Å². The molecule has 2 aromatic carbocycles. The average molecular weight is 455 g/mol. The Labute approximate surface area is 166 Å². The summed E-state index contributed by atoms with van der Waals surface area (Å²) in [5.74, 6) is 2.53. The maximum atomic E-state index is 5.17. The van der Waals surface area contributed by atoms with Crippen LogP contribution in [-0.2, 0) is 13.0 Å². The van der Waals surface area contributed by atoms with Crippen LogP contribution in [-0.4, -0.2) is 33.8 Å². The third-order valence-corrected chi connectivity index (χ3v) is 3.71. The predicted molar refractivity (Wildman–Crippen MR) is 113 cm³/mol. The lowest BCUT2D eigenvalue weighted by Crippen LogP contribution is -2.37. The molecule has 5 nitrogen and oxygen atoms in total. The lowest BCUT2D eigenvalue weighted by molar-refractivity contribution is 0.414. The van der Waals surface area contributed by atoms with Crippen LogP contribution in [0.15, 0.2) is 53.5 Å². The third-order valence-electron chi connectivity index (χ3n) is 3.71. The van der Waals surface area contributed by atoms with Gasteiger partial charge >= 0.3 is 0 Å². The summed E-state index contributed by atoms with van der Waals surface area (Å²) < 4.78 is 10.3. The zero-order chi connectivity index (χ0) is 17.2. The van der Waals surface area contributed by atoms with Gasteiger partial charge in [0.05, 0.1) is 14.2 Å². The fourth-order valence-electron chi connectivity index (χ4n) is 2.27. The summed E-state index contributed by atoms with van der Waals surface area (Å²) in [6.07, 6.45) is 0.924. The fraction of sp³-hybridized carbons (Fsp3) is 0.316. The Morgan fingerprint density at radius 1 is 0.840 bits per heavy atom. The van der Waals surface area contributed by atoms with Gasteiger partial charge in [-0.25, -0.2) is 0 Å². The van der Waals surface area contributed by atoms with E-state index in [0.717, 1.165) is 30.4 Å². The minimum atomic E-state index is 0. The van der Waals surface area contributed by atoms with Gasteiger partial charge in [-0.3, -0.25) is 4.99 Å². The summed E-state index contributed by atoms with van der Waals surface area (Å²) in [5, 5.41) is 6.63. The molecule has 0 heterocycles. The second-order valence-electron chi connectivity index (χ2n) is 5.30. The molecular weight excluding hydrogens is 429 g/mol. The van der Waals surface area contributed by atoms with Crippen LogP contribution in [0.25, 0.3) is 0 Å². The van der Waals surface area contributed by atoms with E-state index in [1.54, 1.807) is 21.3 Å². The van der Waals surface area contributed by atoms with Crippen molar-refractivity contribution in [2.45, 2.75) is 13.0 Å². The van der Waals surface area contributed by atoms with E-state index in [9.17, 15) is 0 Å². The second kappa shape index (κ2) is 11.6. The largest absolute Gasteiger partial charge is 0.497 e. The minimum absolute atomic E-state index is 0. The van der Waals surface area contributed by atoms with E-state index in [0.29, 0.717) is 6.54 Å². The SMILES string of the molecule is CN=C(NCCc1ccc(OC)cc1)NCc1ccc(OC)cc1.I. The van der Waals surface area contributed by atoms with Gasteiger partial charge in [-0.1, -0.05) is 24.3 Å². The summed E-state index contributed by atoms with van der Waals surface area (Å²) in [4.78, 5) is 4.25. The van der Waals surface area contributed by atoms with Crippen LogP contribution in [0.1, 0.15) is 11.1 Å². The number of aliphatic imine (C=N–C) groups is 1. The van der Waals surface area contributed by atoms with Crippen molar-refractivity contribution in [2.24, 2.45) is 4.99 Å². The number of nitrogens with one attached hydrogen (secondary N) is 2. The van der Waals surface area contributed by atoms with Crippen LogP contribution in [0.2, 0.25) is 0 Å². The Bertz CT molecular complexity index is 643. The Morgan fingerprint density at radius 2 is 1.36 bits per heavy atom. The van der Waals surface area contributed by atoms with Crippen molar-refractivity contribution >= 4 is 29.9 Å². The molecule has 136 valence electrons. The lowest BCUT2D eigenvalue weighted by Gasteiger charge is -2.12. The highest BCUT2D eigenvalue weighted by Crippen LogP contribution is 2.12. The maximum absolute atomic E-state index is 5.17. The number of halogens is 1. The average Bonchev–Trinajstić information content (AvgIpc) is 2.65. The molecule has 0 radical (unpaired) electrons. The van der Waals surface area contributed by atoms with Crippen molar-refractivity contribution in [3.8, 4) is 11.5 Å². The standard InChI is InChI=1S/C19H25N3O2.HI/c1-20-19(22-14-16-6-10-18(24-3)11-7-16)21-13-12-15-4-8-17(23-2)9-5-15;/h4-11H,12-14H2,1-3H3,(H2,20,21,22);1H. The first-order chi connectivity index (χ1) is 11.7. The maximum Gasteiger partial charge on any atom is 0.191 e. The zero-order valence-electron chi connectivity index (χ0n) is 14.9. The molecular formula is C19H26IN3O2. The van der Waals surface area contributed by atoms with Gasteiger partial charge in [0, 0.05) is 20.1 Å². The fourth-order valence-corrected chi connectivity index (χ4v) is 2.27. The first-order valence-electron chi connectivity index (χ1n) is 7.95. The van der Waals surface area contributed by atoms with Crippen molar-refractivity contribution in [3.63, 3.8) is 0 Å². The summed E-state index contributed by atoms with van der Waals surface area (Å²) in [5.41, 5.74) is 2.43. The molecule has 0 saturated heterocycles. The summed E-state index contributed by atoms with van der Waals surface area (Å²) in [6.45, 7) is 1.53. The smallest absolute Gasteiger partial charge is 0.191 e. The van der Waals surface area contributed by atoms with Crippen molar-refractivity contribution < 1.29 is 9.47 Å². The zero-order valence-corrected chi connectivity index (χ0v) is 17.2. The van der Waals surface area contributed by atoms with Gasteiger partial charge in [0.1, 0.15) is 11.5 Å². The number of benzene rings is 2. The van der Waals surface area contributed by atoms with Crippen molar-refractivity contribution in [1.82, 2.24) is 10.6 Å². The normalized spacial score (nSPS) is 10.6. The number of guanidine groups is 1. The topological polar surface area (TPSA) is 54.9 Å². The number of ether oxygens (including phenoxy) is 2. The van der Waals surface area contributed by atoms with Crippen LogP contribution in [0.4, 0.5) is 0 Å². The number of nitrogens with zero attached hydrogens (tertiary/aromatic N) is 1. The van der Waals surface area contributed by atoms with Gasteiger partial charge < -0.3 is 20.1 Å². The predicted octanol–water partition coefficient (Wildman–Crippen LogP) is 3.23. The molecule has 25 heavy (non-hydrogen) atoms. The molecule has 0 unspecified atom stereocenters. The van der Waals surface area contributed by atoms with Crippen molar-refractivity contribution in [3.05, 3.63) is 59.7 Å². The quantitative estimate of drug-likeness (QED) is 0.383. The Balaban J connectivity index is 0.00000312. The van der Waals surface area contributed by atoms with Gasteiger partial charge in [0.25, 0.3) is 0 Å². The van der Waals surface area contributed by atoms with E-state index in [-0.39, 0.29) is 24.0 Å². The molecule has 6 heteroatoms. The highest BCUT2D eigenvalue weighted by Gasteiger charge is 2.00. The van der Waals surface area contributed by atoms with Gasteiger partial charge in [-0.05, 0) is 41.8 Å². The number of hydrogen-bond acceptors (Lipinski definition) is 3. The van der Waals surface area contributed by atoms with E-state index in [1.807, 2.05) is 36.4 Å². The first-order valence-corrected chi connectivity index (χ1v) is 7.95. The highest BCUT2D eigenvalue weighted by molar-refractivity contribution is 14.0. The second-order valence-corrected chi connectivity index (χ2v) is 5.30. The molecule has 0 saturated carbocycles. The highest BCUT2D eigenvalue weighted by atomic mass is 127. The van der Waals surface area contributed by atoms with Gasteiger partial charge in [-0.15, -0.1) is 24.0 Å². The molecule has 0 aliphatic heterocycles. The molecule has 0 aromatic heterocycles. The third kappa shape index (κ3) is 7.21. The van der Waals surface area contributed by atoms with E-state index in [4.69, 9.17) is 9.47 Å². The molecule has 0 spiro atoms. The molecule has 0 fully saturated rings. The van der Waals surface area contributed by atoms with Gasteiger partial charge in [0.15, 0.2) is 5.96 Å². The molecule has 2 N–H and O–H groups in total. The van der Waals surface area contributed by atoms with Crippen LogP contribution in [0, 0.1) is 0 Å². The minimum Gasteiger partial charge on any atom is -0.497 e. The summed E-state index contributed by atoms with van der Waals surface area (Å²) in [6, 6.07) is 16.1. The van der Waals surface area contributed by atoms with Crippen LogP contribution in [0.5, 0.6) is 11.5 Å². The monoisotopic (exact) mass is 455 g/mol. The molecule has 2 rings (SSSR count). The van der Waals surface area contributed by atoms with E-state index >= 15 is 0 Å². The first kappa shape index (κ1) is 21.1. The molecule has 2 aromatic rings. The van der Waals surface area contributed by atoms with Gasteiger partial charge in [0.2, 0.25) is 0 Å². The molecule has 0 amide bonds. The van der Waals surface area contributed by atoms with Crippen LogP contribution in [0.3, 0.4) is 0 Å². The molecule has 0 aliphatic carbocycles. The van der Waals surface area contributed by atoms with E-state index in [2.05, 4.69) is 27.8 Å². The van der Waals surface area contributed by atoms with E-state index in [1.165, 1.54) is 11.1 Å². The number of hydrogen-bond donors (Lipinski definition) is 2. The van der Waals surface area contributed by atoms with Crippen molar-refractivity contribution in [1.29, 1.82) is 0 Å². The molecule has 0 aliphatic rings. The van der Waals surface area contributed by atoms with Crippen molar-refractivity contribution in [2.75, 3.05) is 27.8 Å². The lowest BCUT2D eigenvalue weighted by atomic mass is 10.1. The van der Waals surface area contributed by atoms with Crippen LogP contribution < -0.4 is 20.1 Å². The number of rotatable bonds is 7. The summed E-state index contributed by atoms with van der Waals surface area (Å²) >= 11 is 0. The Hall–Kier alpha value is -1.96.